The van der Waals surface area contributed by atoms with E-state index in [-0.39, 0.29) is 5.91 Å². The molecule has 4 heteroatoms. The molecule has 2 aliphatic rings. The Morgan fingerprint density at radius 1 is 1.25 bits per heavy atom. The van der Waals surface area contributed by atoms with Crippen LogP contribution in [0.2, 0.25) is 0 Å². The smallest absolute Gasteiger partial charge is 0.253 e. The summed E-state index contributed by atoms with van der Waals surface area (Å²) < 4.78 is 0. The first kappa shape index (κ1) is 13.3. The Labute approximate surface area is 120 Å². The third-order valence-electron chi connectivity index (χ3n) is 4.32. The van der Waals surface area contributed by atoms with Crippen LogP contribution in [0, 0.1) is 5.92 Å². The molecule has 1 heterocycles. The van der Waals surface area contributed by atoms with Crippen LogP contribution in [0.3, 0.4) is 0 Å². The first-order valence-electron chi connectivity index (χ1n) is 7.65. The van der Waals surface area contributed by atoms with Crippen molar-refractivity contribution in [1.82, 2.24) is 5.32 Å². The summed E-state index contributed by atoms with van der Waals surface area (Å²) in [6.45, 7) is 4.03. The molecule has 3 N–H and O–H groups in total. The summed E-state index contributed by atoms with van der Waals surface area (Å²) in [4.78, 5) is 12.5. The summed E-state index contributed by atoms with van der Waals surface area (Å²) in [5.74, 6) is 0.774. The second-order valence-corrected chi connectivity index (χ2v) is 6.02. The van der Waals surface area contributed by atoms with Gasteiger partial charge in [-0.25, -0.2) is 0 Å². The maximum absolute atomic E-state index is 12.5. The van der Waals surface area contributed by atoms with Crippen molar-refractivity contribution in [3.63, 3.8) is 0 Å². The molecule has 0 bridgehead atoms. The molecule has 20 heavy (non-hydrogen) atoms. The molecule has 0 aromatic heterocycles. The average Bonchev–Trinajstić information content (AvgIpc) is 2.46. The lowest BCUT2D eigenvalue weighted by molar-refractivity contribution is 0.0922. The highest BCUT2D eigenvalue weighted by Gasteiger charge is 2.23. The van der Waals surface area contributed by atoms with Crippen molar-refractivity contribution in [3.05, 3.63) is 23.8 Å². The Kier molecular flexibility index (Phi) is 3.81. The molecule has 1 saturated carbocycles. The minimum absolute atomic E-state index is 0.0529. The molecule has 2 unspecified atom stereocenters. The summed E-state index contributed by atoms with van der Waals surface area (Å²) in [6, 6.07) is 6.19. The fourth-order valence-corrected chi connectivity index (χ4v) is 3.29. The molecular weight excluding hydrogens is 250 g/mol. The predicted molar refractivity (Wildman–Crippen MR) is 82.3 cm³/mol. The van der Waals surface area contributed by atoms with Gasteiger partial charge in [-0.15, -0.1) is 0 Å². The van der Waals surface area contributed by atoms with Gasteiger partial charge in [0.1, 0.15) is 0 Å². The van der Waals surface area contributed by atoms with Gasteiger partial charge in [0, 0.05) is 19.1 Å². The Bertz CT molecular complexity index is 500. The van der Waals surface area contributed by atoms with Crippen molar-refractivity contribution in [1.29, 1.82) is 0 Å². The third-order valence-corrected chi connectivity index (χ3v) is 4.32. The van der Waals surface area contributed by atoms with Crippen LogP contribution in [0.5, 0.6) is 0 Å². The number of fused-ring (bicyclic) bond motifs is 1. The molecular formula is C16H23N3O. The molecule has 0 spiro atoms. The Balaban J connectivity index is 1.74. The molecule has 4 nitrogen and oxygen atoms in total. The van der Waals surface area contributed by atoms with Crippen molar-refractivity contribution in [2.24, 2.45) is 5.92 Å². The minimum atomic E-state index is 0.0529. The van der Waals surface area contributed by atoms with Crippen LogP contribution in [0.25, 0.3) is 0 Å². The highest BCUT2D eigenvalue weighted by Crippen LogP contribution is 2.29. The number of para-hydroxylation sites is 1. The molecule has 0 radical (unpaired) electrons. The van der Waals surface area contributed by atoms with E-state index >= 15 is 0 Å². The first-order chi connectivity index (χ1) is 9.74. The largest absolute Gasteiger partial charge is 0.382 e. The zero-order valence-corrected chi connectivity index (χ0v) is 12.0. The van der Waals surface area contributed by atoms with E-state index in [1.165, 1.54) is 12.8 Å². The van der Waals surface area contributed by atoms with Crippen LogP contribution in [-0.4, -0.2) is 25.0 Å². The van der Waals surface area contributed by atoms with Crippen molar-refractivity contribution < 1.29 is 4.79 Å². The fraction of sp³-hybridized carbons (Fsp3) is 0.562. The molecule has 108 valence electrons. The van der Waals surface area contributed by atoms with Crippen molar-refractivity contribution in [2.75, 3.05) is 23.7 Å². The lowest BCUT2D eigenvalue weighted by Gasteiger charge is -2.28. The fourth-order valence-electron chi connectivity index (χ4n) is 3.29. The Morgan fingerprint density at radius 2 is 2.10 bits per heavy atom. The van der Waals surface area contributed by atoms with Gasteiger partial charge in [-0.1, -0.05) is 25.8 Å². The third kappa shape index (κ3) is 2.74. The lowest BCUT2D eigenvalue weighted by atomic mass is 9.87. The molecule has 1 aliphatic heterocycles. The van der Waals surface area contributed by atoms with E-state index in [0.717, 1.165) is 48.8 Å². The van der Waals surface area contributed by atoms with Gasteiger partial charge in [0.25, 0.3) is 5.91 Å². The summed E-state index contributed by atoms with van der Waals surface area (Å²) in [7, 11) is 0. The summed E-state index contributed by atoms with van der Waals surface area (Å²) in [5.41, 5.74) is 2.73. The second kappa shape index (κ2) is 5.73. The van der Waals surface area contributed by atoms with Gasteiger partial charge in [0.15, 0.2) is 0 Å². The number of hydrogen-bond donors (Lipinski definition) is 3. The number of rotatable bonds is 2. The SMILES string of the molecule is CC1CCCC(NC(=O)c2cccc3c2NCCN3)C1. The van der Waals surface area contributed by atoms with E-state index in [0.29, 0.717) is 6.04 Å². The topological polar surface area (TPSA) is 53.2 Å². The monoisotopic (exact) mass is 273 g/mol. The molecule has 0 saturated heterocycles. The average molecular weight is 273 g/mol. The molecule has 1 amide bonds. The maximum Gasteiger partial charge on any atom is 0.253 e. The highest BCUT2D eigenvalue weighted by molar-refractivity contribution is 6.02. The molecule has 1 fully saturated rings. The van der Waals surface area contributed by atoms with E-state index < -0.39 is 0 Å². The first-order valence-corrected chi connectivity index (χ1v) is 7.65. The van der Waals surface area contributed by atoms with Crippen LogP contribution < -0.4 is 16.0 Å². The van der Waals surface area contributed by atoms with E-state index in [4.69, 9.17) is 0 Å². The quantitative estimate of drug-likeness (QED) is 0.776. The number of amides is 1. The standard InChI is InChI=1S/C16H23N3O/c1-11-4-2-5-12(10-11)19-16(20)13-6-3-7-14-15(13)18-9-8-17-14/h3,6-7,11-12,17-18H,2,4-5,8-10H2,1H3,(H,19,20). The summed E-state index contributed by atoms with van der Waals surface area (Å²) in [6.07, 6.45) is 4.72. The van der Waals surface area contributed by atoms with E-state index in [2.05, 4.69) is 22.9 Å². The van der Waals surface area contributed by atoms with Gasteiger partial charge < -0.3 is 16.0 Å². The number of carbonyl (C=O) groups is 1. The number of hydrogen-bond acceptors (Lipinski definition) is 3. The van der Waals surface area contributed by atoms with Crippen LogP contribution in [0.15, 0.2) is 18.2 Å². The second-order valence-electron chi connectivity index (χ2n) is 6.02. The van der Waals surface area contributed by atoms with Gasteiger partial charge >= 0.3 is 0 Å². The molecule has 2 atom stereocenters. The zero-order chi connectivity index (χ0) is 13.9. The van der Waals surface area contributed by atoms with Gasteiger partial charge in [-0.05, 0) is 30.9 Å². The lowest BCUT2D eigenvalue weighted by Crippen LogP contribution is -2.38. The van der Waals surface area contributed by atoms with E-state index in [9.17, 15) is 4.79 Å². The molecule has 1 aromatic rings. The normalized spacial score (nSPS) is 25.1. The van der Waals surface area contributed by atoms with E-state index in [1.54, 1.807) is 0 Å². The molecule has 1 aliphatic carbocycles. The Hall–Kier alpha value is -1.71. The summed E-state index contributed by atoms with van der Waals surface area (Å²) in [5, 5.41) is 9.87. The van der Waals surface area contributed by atoms with Crippen molar-refractivity contribution in [2.45, 2.75) is 38.6 Å². The van der Waals surface area contributed by atoms with E-state index in [1.807, 2.05) is 18.2 Å². The van der Waals surface area contributed by atoms with Gasteiger partial charge in [-0.2, -0.15) is 0 Å². The highest BCUT2D eigenvalue weighted by atomic mass is 16.1. The molecule has 3 rings (SSSR count). The van der Waals surface area contributed by atoms with Crippen LogP contribution in [0.1, 0.15) is 43.0 Å². The zero-order valence-electron chi connectivity index (χ0n) is 12.0. The van der Waals surface area contributed by atoms with Crippen molar-refractivity contribution >= 4 is 17.3 Å². The predicted octanol–water partition coefficient (Wildman–Crippen LogP) is 2.83. The van der Waals surface area contributed by atoms with Gasteiger partial charge in [0.05, 0.1) is 16.9 Å². The molecule has 1 aromatic carbocycles. The number of benzene rings is 1. The maximum atomic E-state index is 12.5. The van der Waals surface area contributed by atoms with Crippen LogP contribution in [0.4, 0.5) is 11.4 Å². The van der Waals surface area contributed by atoms with Crippen LogP contribution in [-0.2, 0) is 0 Å². The summed E-state index contributed by atoms with van der Waals surface area (Å²) >= 11 is 0. The Morgan fingerprint density at radius 3 is 2.95 bits per heavy atom. The number of nitrogens with one attached hydrogen (secondary N) is 3. The van der Waals surface area contributed by atoms with Crippen molar-refractivity contribution in [3.8, 4) is 0 Å². The van der Waals surface area contributed by atoms with Gasteiger partial charge in [-0.3, -0.25) is 4.79 Å². The van der Waals surface area contributed by atoms with Crippen LogP contribution >= 0.6 is 0 Å². The van der Waals surface area contributed by atoms with Gasteiger partial charge in [0.2, 0.25) is 0 Å². The number of anilines is 2. The number of carbonyl (C=O) groups excluding carboxylic acids is 1. The minimum Gasteiger partial charge on any atom is -0.382 e.